The summed E-state index contributed by atoms with van der Waals surface area (Å²) in [5.41, 5.74) is 1.03. The lowest BCUT2D eigenvalue weighted by molar-refractivity contribution is 0.0448. The van der Waals surface area contributed by atoms with Crippen molar-refractivity contribution in [3.05, 3.63) is 34.9 Å². The van der Waals surface area contributed by atoms with Crippen molar-refractivity contribution in [3.8, 4) is 0 Å². The number of hydrogen-bond donors (Lipinski definition) is 0. The quantitative estimate of drug-likeness (QED) is 0.824. The number of hydrogen-bond acceptors (Lipinski definition) is 2. The van der Waals surface area contributed by atoms with Gasteiger partial charge in [-0.2, -0.15) is 0 Å². The van der Waals surface area contributed by atoms with Gasteiger partial charge in [-0.3, -0.25) is 0 Å². The van der Waals surface area contributed by atoms with Crippen LogP contribution in [0.3, 0.4) is 0 Å². The molecule has 0 spiro atoms. The Kier molecular flexibility index (Phi) is 4.44. The second-order valence-corrected chi connectivity index (χ2v) is 4.80. The van der Waals surface area contributed by atoms with Gasteiger partial charge in [-0.25, -0.2) is 4.79 Å². The number of halogens is 1. The number of benzene rings is 1. The van der Waals surface area contributed by atoms with Gasteiger partial charge in [0, 0.05) is 31.7 Å². The third-order valence-corrected chi connectivity index (χ3v) is 3.15. The van der Waals surface area contributed by atoms with Crippen LogP contribution >= 0.6 is 11.6 Å². The first-order valence-electron chi connectivity index (χ1n) is 5.99. The average molecular weight is 269 g/mol. The van der Waals surface area contributed by atoms with E-state index in [2.05, 4.69) is 0 Å². The summed E-state index contributed by atoms with van der Waals surface area (Å²) < 4.78 is 5.23. The van der Waals surface area contributed by atoms with Crippen LogP contribution in [0.25, 0.3) is 0 Å². The summed E-state index contributed by atoms with van der Waals surface area (Å²) >= 11 is 5.93. The van der Waals surface area contributed by atoms with Crippen molar-refractivity contribution < 1.29 is 9.53 Å². The molecule has 1 aromatic rings. The molecule has 1 aliphatic heterocycles. The second kappa shape index (κ2) is 6.07. The predicted molar refractivity (Wildman–Crippen MR) is 70.7 cm³/mol. The highest BCUT2D eigenvalue weighted by molar-refractivity contribution is 6.30. The van der Waals surface area contributed by atoms with Crippen LogP contribution in [0.5, 0.6) is 0 Å². The summed E-state index contributed by atoms with van der Waals surface area (Å²) in [6, 6.07) is 7.61. The number of carbonyl (C=O) groups is 1. The summed E-state index contributed by atoms with van der Waals surface area (Å²) in [7, 11) is 1.80. The van der Waals surface area contributed by atoms with E-state index < -0.39 is 0 Å². The van der Waals surface area contributed by atoms with Gasteiger partial charge < -0.3 is 14.5 Å². The van der Waals surface area contributed by atoms with Crippen molar-refractivity contribution in [1.82, 2.24) is 9.80 Å². The first-order chi connectivity index (χ1) is 8.66. The van der Waals surface area contributed by atoms with E-state index in [0.717, 1.165) is 5.56 Å². The van der Waals surface area contributed by atoms with Crippen molar-refractivity contribution in [3.63, 3.8) is 0 Å². The fourth-order valence-electron chi connectivity index (χ4n) is 1.97. The maximum Gasteiger partial charge on any atom is 0.320 e. The molecule has 1 aromatic carbocycles. The topological polar surface area (TPSA) is 32.8 Å². The zero-order valence-electron chi connectivity index (χ0n) is 10.4. The number of morpholine rings is 1. The van der Waals surface area contributed by atoms with E-state index in [0.29, 0.717) is 37.9 Å². The third kappa shape index (κ3) is 3.37. The predicted octanol–water partition coefficient (Wildman–Crippen LogP) is 2.22. The van der Waals surface area contributed by atoms with Gasteiger partial charge in [-0.1, -0.05) is 23.7 Å². The molecule has 0 bridgehead atoms. The maximum absolute atomic E-state index is 12.2. The molecule has 2 amide bonds. The van der Waals surface area contributed by atoms with Crippen LogP contribution in [0, 0.1) is 0 Å². The minimum Gasteiger partial charge on any atom is -0.378 e. The van der Waals surface area contributed by atoms with Crippen molar-refractivity contribution in [2.75, 3.05) is 33.4 Å². The van der Waals surface area contributed by atoms with E-state index in [-0.39, 0.29) is 6.03 Å². The van der Waals surface area contributed by atoms with E-state index in [1.54, 1.807) is 11.9 Å². The Balaban J connectivity index is 1.94. The highest BCUT2D eigenvalue weighted by Gasteiger charge is 2.20. The summed E-state index contributed by atoms with van der Waals surface area (Å²) in [4.78, 5) is 15.7. The van der Waals surface area contributed by atoms with Crippen LogP contribution in [0.4, 0.5) is 4.79 Å². The van der Waals surface area contributed by atoms with Gasteiger partial charge in [-0.05, 0) is 17.7 Å². The number of amides is 2. The van der Waals surface area contributed by atoms with Gasteiger partial charge in [0.25, 0.3) is 0 Å². The lowest BCUT2D eigenvalue weighted by Crippen LogP contribution is -2.46. The van der Waals surface area contributed by atoms with Gasteiger partial charge in [0.1, 0.15) is 0 Å². The standard InChI is InChI=1S/C13H17ClN2O2/c1-15(10-11-3-2-4-12(14)9-11)13(17)16-5-7-18-8-6-16/h2-4,9H,5-8,10H2,1H3. The molecular weight excluding hydrogens is 252 g/mol. The first kappa shape index (κ1) is 13.2. The lowest BCUT2D eigenvalue weighted by Gasteiger charge is -2.31. The highest BCUT2D eigenvalue weighted by atomic mass is 35.5. The van der Waals surface area contributed by atoms with Crippen LogP contribution in [-0.2, 0) is 11.3 Å². The summed E-state index contributed by atoms with van der Waals surface area (Å²) in [5, 5.41) is 0.694. The number of ether oxygens (including phenoxy) is 1. The smallest absolute Gasteiger partial charge is 0.320 e. The van der Waals surface area contributed by atoms with Crippen LogP contribution in [-0.4, -0.2) is 49.2 Å². The number of rotatable bonds is 2. The van der Waals surface area contributed by atoms with Crippen molar-refractivity contribution in [1.29, 1.82) is 0 Å². The van der Waals surface area contributed by atoms with Gasteiger partial charge in [0.05, 0.1) is 13.2 Å². The third-order valence-electron chi connectivity index (χ3n) is 2.92. The van der Waals surface area contributed by atoms with Crippen LogP contribution in [0.15, 0.2) is 24.3 Å². The highest BCUT2D eigenvalue weighted by Crippen LogP contribution is 2.13. The lowest BCUT2D eigenvalue weighted by atomic mass is 10.2. The fraction of sp³-hybridized carbons (Fsp3) is 0.462. The molecule has 0 radical (unpaired) electrons. The number of nitrogens with zero attached hydrogens (tertiary/aromatic N) is 2. The van der Waals surface area contributed by atoms with E-state index in [9.17, 15) is 4.79 Å². The molecule has 0 aromatic heterocycles. The summed E-state index contributed by atoms with van der Waals surface area (Å²) in [6.07, 6.45) is 0. The Bertz CT molecular complexity index is 419. The average Bonchev–Trinajstić information content (AvgIpc) is 2.39. The van der Waals surface area contributed by atoms with Crippen molar-refractivity contribution in [2.24, 2.45) is 0 Å². The molecule has 2 rings (SSSR count). The molecule has 0 unspecified atom stereocenters. The summed E-state index contributed by atoms with van der Waals surface area (Å²) in [6.45, 7) is 3.14. The molecule has 0 saturated carbocycles. The Hall–Kier alpha value is -1.26. The fourth-order valence-corrected chi connectivity index (χ4v) is 2.19. The second-order valence-electron chi connectivity index (χ2n) is 4.37. The van der Waals surface area contributed by atoms with Gasteiger partial charge in [-0.15, -0.1) is 0 Å². The molecule has 18 heavy (non-hydrogen) atoms. The Labute approximate surface area is 112 Å². The van der Waals surface area contributed by atoms with Gasteiger partial charge in [0.2, 0.25) is 0 Å². The molecule has 5 heteroatoms. The molecule has 4 nitrogen and oxygen atoms in total. The van der Waals surface area contributed by atoms with E-state index in [1.165, 1.54) is 0 Å². The monoisotopic (exact) mass is 268 g/mol. The van der Waals surface area contributed by atoms with E-state index in [1.807, 2.05) is 29.2 Å². The molecule has 0 N–H and O–H groups in total. The van der Waals surface area contributed by atoms with E-state index in [4.69, 9.17) is 16.3 Å². The maximum atomic E-state index is 12.2. The first-order valence-corrected chi connectivity index (χ1v) is 6.37. The molecule has 1 saturated heterocycles. The minimum atomic E-state index is 0.0401. The zero-order chi connectivity index (χ0) is 13.0. The Morgan fingerprint density at radius 1 is 1.44 bits per heavy atom. The molecular formula is C13H17ClN2O2. The van der Waals surface area contributed by atoms with Crippen molar-refractivity contribution in [2.45, 2.75) is 6.54 Å². The molecule has 98 valence electrons. The molecule has 1 heterocycles. The minimum absolute atomic E-state index is 0.0401. The molecule has 1 fully saturated rings. The Morgan fingerprint density at radius 2 is 2.17 bits per heavy atom. The normalized spacial score (nSPS) is 15.6. The van der Waals surface area contributed by atoms with Crippen LogP contribution in [0.1, 0.15) is 5.56 Å². The van der Waals surface area contributed by atoms with Gasteiger partial charge in [0.15, 0.2) is 0 Å². The largest absolute Gasteiger partial charge is 0.378 e. The van der Waals surface area contributed by atoms with Crippen LogP contribution in [0.2, 0.25) is 5.02 Å². The van der Waals surface area contributed by atoms with Crippen molar-refractivity contribution >= 4 is 17.6 Å². The zero-order valence-corrected chi connectivity index (χ0v) is 11.2. The number of urea groups is 1. The van der Waals surface area contributed by atoms with E-state index >= 15 is 0 Å². The molecule has 1 aliphatic rings. The summed E-state index contributed by atoms with van der Waals surface area (Å²) in [5.74, 6) is 0. The molecule has 0 aliphatic carbocycles. The molecule has 0 atom stereocenters. The SMILES string of the molecule is CN(Cc1cccc(Cl)c1)C(=O)N1CCOCC1. The van der Waals surface area contributed by atoms with Crippen LogP contribution < -0.4 is 0 Å². The Morgan fingerprint density at radius 3 is 2.83 bits per heavy atom. The van der Waals surface area contributed by atoms with Gasteiger partial charge >= 0.3 is 6.03 Å². The number of carbonyl (C=O) groups excluding carboxylic acids is 1.